The molecule has 1 aliphatic carbocycles. The second-order valence-corrected chi connectivity index (χ2v) is 4.55. The lowest BCUT2D eigenvalue weighted by Gasteiger charge is -2.04. The van der Waals surface area contributed by atoms with Crippen LogP contribution in [0.2, 0.25) is 5.02 Å². The van der Waals surface area contributed by atoms with Crippen molar-refractivity contribution in [2.24, 2.45) is 0 Å². The first-order valence-corrected chi connectivity index (χ1v) is 5.77. The number of hydrogen-bond acceptors (Lipinski definition) is 3. The summed E-state index contributed by atoms with van der Waals surface area (Å²) in [6, 6.07) is 6.70. The third-order valence-electron chi connectivity index (χ3n) is 2.91. The molecule has 0 aliphatic heterocycles. The normalized spacial score (nSPS) is 15.6. The number of carbonyl (C=O) groups excluding carboxylic acids is 2. The maximum atomic E-state index is 12.0. The largest absolute Gasteiger partial charge is 0.504 e. The molecule has 0 heterocycles. The summed E-state index contributed by atoms with van der Waals surface area (Å²) >= 11 is 5.78. The molecule has 0 aromatic heterocycles. The molecule has 3 nitrogen and oxygen atoms in total. The molecule has 1 aromatic carbocycles. The van der Waals surface area contributed by atoms with Gasteiger partial charge in [0.25, 0.3) is 0 Å². The molecule has 0 saturated carbocycles. The molecular formula is C14H11ClO3. The summed E-state index contributed by atoms with van der Waals surface area (Å²) < 4.78 is 0. The SMILES string of the molecule is CC(=O)C1=C(O)C(=O)C(c2ccc(Cl)cc2)=C1C. The fourth-order valence-corrected chi connectivity index (χ4v) is 2.23. The Morgan fingerprint density at radius 2 is 1.78 bits per heavy atom. The van der Waals surface area contributed by atoms with E-state index in [1.165, 1.54) is 6.92 Å². The van der Waals surface area contributed by atoms with E-state index in [1.54, 1.807) is 31.2 Å². The van der Waals surface area contributed by atoms with E-state index < -0.39 is 11.5 Å². The van der Waals surface area contributed by atoms with Gasteiger partial charge < -0.3 is 5.11 Å². The first kappa shape index (κ1) is 12.6. The van der Waals surface area contributed by atoms with Gasteiger partial charge >= 0.3 is 0 Å². The van der Waals surface area contributed by atoms with E-state index in [4.69, 9.17) is 11.6 Å². The number of aliphatic hydroxyl groups is 1. The summed E-state index contributed by atoms with van der Waals surface area (Å²) in [7, 11) is 0. The van der Waals surface area contributed by atoms with Crippen molar-refractivity contribution in [3.63, 3.8) is 0 Å². The summed E-state index contributed by atoms with van der Waals surface area (Å²) in [5.41, 5.74) is 1.61. The van der Waals surface area contributed by atoms with Gasteiger partial charge in [0.05, 0.1) is 5.57 Å². The van der Waals surface area contributed by atoms with Crippen molar-refractivity contribution in [2.45, 2.75) is 13.8 Å². The van der Waals surface area contributed by atoms with Crippen LogP contribution < -0.4 is 0 Å². The highest BCUT2D eigenvalue weighted by Gasteiger charge is 2.32. The molecule has 0 bridgehead atoms. The second kappa shape index (κ2) is 4.42. The van der Waals surface area contributed by atoms with Crippen molar-refractivity contribution in [1.29, 1.82) is 0 Å². The first-order valence-electron chi connectivity index (χ1n) is 5.39. The number of carbonyl (C=O) groups is 2. The number of benzene rings is 1. The van der Waals surface area contributed by atoms with Gasteiger partial charge in [-0.05, 0) is 37.1 Å². The summed E-state index contributed by atoms with van der Waals surface area (Å²) in [5, 5.41) is 10.3. The maximum Gasteiger partial charge on any atom is 0.228 e. The maximum absolute atomic E-state index is 12.0. The van der Waals surface area contributed by atoms with Gasteiger partial charge in [-0.25, -0.2) is 0 Å². The molecular weight excluding hydrogens is 252 g/mol. The number of ketones is 2. The Morgan fingerprint density at radius 3 is 2.22 bits per heavy atom. The number of hydrogen-bond donors (Lipinski definition) is 1. The molecule has 0 fully saturated rings. The van der Waals surface area contributed by atoms with Crippen LogP contribution in [0, 0.1) is 0 Å². The van der Waals surface area contributed by atoms with E-state index in [1.807, 2.05) is 0 Å². The molecule has 92 valence electrons. The summed E-state index contributed by atoms with van der Waals surface area (Å²) in [6.45, 7) is 2.98. The van der Waals surface area contributed by atoms with Crippen molar-refractivity contribution in [1.82, 2.24) is 0 Å². The highest BCUT2D eigenvalue weighted by Crippen LogP contribution is 2.35. The van der Waals surface area contributed by atoms with Gasteiger partial charge in [-0.2, -0.15) is 0 Å². The van der Waals surface area contributed by atoms with Crippen LogP contribution in [0.25, 0.3) is 5.57 Å². The molecule has 0 radical (unpaired) electrons. The fraction of sp³-hybridized carbons (Fsp3) is 0.143. The molecule has 0 spiro atoms. The Morgan fingerprint density at radius 1 is 1.22 bits per heavy atom. The lowest BCUT2D eigenvalue weighted by molar-refractivity contribution is -0.115. The summed E-state index contributed by atoms with van der Waals surface area (Å²) in [4.78, 5) is 23.4. The van der Waals surface area contributed by atoms with Gasteiger partial charge in [0.1, 0.15) is 0 Å². The third-order valence-corrected chi connectivity index (χ3v) is 3.17. The zero-order valence-electron chi connectivity index (χ0n) is 9.95. The minimum Gasteiger partial charge on any atom is -0.504 e. The fourth-order valence-electron chi connectivity index (χ4n) is 2.10. The lowest BCUT2D eigenvalue weighted by Crippen LogP contribution is -2.03. The van der Waals surface area contributed by atoms with Crippen molar-refractivity contribution >= 4 is 28.7 Å². The Labute approximate surface area is 109 Å². The van der Waals surface area contributed by atoms with E-state index in [2.05, 4.69) is 0 Å². The third kappa shape index (κ3) is 1.87. The van der Waals surface area contributed by atoms with Gasteiger partial charge in [0.2, 0.25) is 5.78 Å². The van der Waals surface area contributed by atoms with Crippen LogP contribution >= 0.6 is 11.6 Å². The van der Waals surface area contributed by atoms with Crippen molar-refractivity contribution in [3.8, 4) is 0 Å². The second-order valence-electron chi connectivity index (χ2n) is 4.12. The Bertz CT molecular complexity index is 606. The molecule has 0 saturated heterocycles. The molecule has 2 rings (SSSR count). The van der Waals surface area contributed by atoms with Gasteiger partial charge in [0.15, 0.2) is 11.5 Å². The first-order chi connectivity index (χ1) is 8.43. The quantitative estimate of drug-likeness (QED) is 0.891. The molecule has 4 heteroatoms. The highest BCUT2D eigenvalue weighted by atomic mass is 35.5. The standard InChI is InChI=1S/C14H11ClO3/c1-7-11(8(2)16)13(17)14(18)12(7)9-3-5-10(15)6-4-9/h3-6H,1-2H3,(H,17,18). The van der Waals surface area contributed by atoms with E-state index in [-0.39, 0.29) is 11.4 Å². The van der Waals surface area contributed by atoms with Crippen LogP contribution in [0.5, 0.6) is 0 Å². The van der Waals surface area contributed by atoms with E-state index in [9.17, 15) is 14.7 Å². The van der Waals surface area contributed by atoms with Crippen LogP contribution in [-0.4, -0.2) is 16.7 Å². The molecule has 1 N–H and O–H groups in total. The predicted molar refractivity (Wildman–Crippen MR) is 69.4 cm³/mol. The minimum atomic E-state index is -0.514. The van der Waals surface area contributed by atoms with Crippen LogP contribution in [0.4, 0.5) is 0 Å². The molecule has 1 aliphatic rings. The van der Waals surface area contributed by atoms with Gasteiger partial charge in [-0.3, -0.25) is 9.59 Å². The van der Waals surface area contributed by atoms with Crippen molar-refractivity contribution < 1.29 is 14.7 Å². The zero-order valence-corrected chi connectivity index (χ0v) is 10.7. The van der Waals surface area contributed by atoms with Crippen molar-refractivity contribution in [2.75, 3.05) is 0 Å². The van der Waals surface area contributed by atoms with Crippen LogP contribution in [0.15, 0.2) is 41.2 Å². The number of halogens is 1. The molecule has 18 heavy (non-hydrogen) atoms. The predicted octanol–water partition coefficient (Wildman–Crippen LogP) is 3.10. The Balaban J connectivity index is 2.57. The summed E-state index contributed by atoms with van der Waals surface area (Å²) in [6.07, 6.45) is 0. The zero-order chi connectivity index (χ0) is 13.4. The average Bonchev–Trinajstić information content (AvgIpc) is 2.52. The molecule has 0 amide bonds. The van der Waals surface area contributed by atoms with Gasteiger partial charge in [-0.1, -0.05) is 23.7 Å². The lowest BCUT2D eigenvalue weighted by atomic mass is 9.99. The number of Topliss-reactive ketones (excluding diaryl/α,β-unsaturated/α-hetero) is 2. The topological polar surface area (TPSA) is 54.4 Å². The average molecular weight is 263 g/mol. The Kier molecular flexibility index (Phi) is 3.09. The summed E-state index contributed by atoms with van der Waals surface area (Å²) in [5.74, 6) is -1.30. The molecule has 1 aromatic rings. The molecule has 0 atom stereocenters. The van der Waals surface area contributed by atoms with Crippen molar-refractivity contribution in [3.05, 3.63) is 51.8 Å². The van der Waals surface area contributed by atoms with E-state index in [0.717, 1.165) is 0 Å². The smallest absolute Gasteiger partial charge is 0.228 e. The van der Waals surface area contributed by atoms with Crippen LogP contribution in [-0.2, 0) is 9.59 Å². The monoisotopic (exact) mass is 262 g/mol. The van der Waals surface area contributed by atoms with Gasteiger partial charge in [0, 0.05) is 10.6 Å². The van der Waals surface area contributed by atoms with Crippen LogP contribution in [0.1, 0.15) is 19.4 Å². The molecule has 0 unspecified atom stereocenters. The minimum absolute atomic E-state index is 0.102. The number of aliphatic hydroxyl groups excluding tert-OH is 1. The Hall–Kier alpha value is -1.87. The van der Waals surface area contributed by atoms with Crippen LogP contribution in [0.3, 0.4) is 0 Å². The highest BCUT2D eigenvalue weighted by molar-refractivity contribution is 6.35. The van der Waals surface area contributed by atoms with Gasteiger partial charge in [-0.15, -0.1) is 0 Å². The number of allylic oxidation sites excluding steroid dienone is 3. The number of rotatable bonds is 2. The van der Waals surface area contributed by atoms with E-state index in [0.29, 0.717) is 21.7 Å². The van der Waals surface area contributed by atoms with E-state index >= 15 is 0 Å².